The zero-order valence-corrected chi connectivity index (χ0v) is 14.0. The molecule has 0 atom stereocenters. The summed E-state index contributed by atoms with van der Waals surface area (Å²) in [5, 5.41) is 8.73. The molecule has 0 bridgehead atoms. The van der Waals surface area contributed by atoms with Gasteiger partial charge in [0.2, 0.25) is 5.91 Å². The van der Waals surface area contributed by atoms with Crippen molar-refractivity contribution in [1.29, 1.82) is 0 Å². The van der Waals surface area contributed by atoms with Crippen molar-refractivity contribution in [3.63, 3.8) is 0 Å². The fourth-order valence-corrected chi connectivity index (χ4v) is 3.06. The summed E-state index contributed by atoms with van der Waals surface area (Å²) in [6.45, 7) is 0.523. The summed E-state index contributed by atoms with van der Waals surface area (Å²) < 4.78 is 0. The Morgan fingerprint density at radius 2 is 1.52 bits per heavy atom. The second kappa shape index (κ2) is 7.79. The van der Waals surface area contributed by atoms with Crippen molar-refractivity contribution < 1.29 is 14.7 Å². The molecule has 3 rings (SSSR count). The first kappa shape index (κ1) is 17.0. The van der Waals surface area contributed by atoms with Crippen LogP contribution in [0.5, 0.6) is 0 Å². The highest BCUT2D eigenvalue weighted by Crippen LogP contribution is 2.29. The Balaban J connectivity index is 1.85. The van der Waals surface area contributed by atoms with E-state index in [1.54, 1.807) is 0 Å². The fraction of sp³-hybridized carbons (Fsp3) is 0.238. The average molecular weight is 335 g/mol. The van der Waals surface area contributed by atoms with Crippen LogP contribution in [0.3, 0.4) is 0 Å². The van der Waals surface area contributed by atoms with Crippen LogP contribution in [0.4, 0.5) is 5.69 Å². The van der Waals surface area contributed by atoms with Crippen LogP contribution in [0.15, 0.2) is 48.5 Å². The molecule has 0 aliphatic carbocycles. The van der Waals surface area contributed by atoms with Crippen molar-refractivity contribution in [2.45, 2.75) is 32.2 Å². The van der Waals surface area contributed by atoms with Gasteiger partial charge in [0.25, 0.3) is 0 Å². The number of rotatable bonds is 5. The summed E-state index contributed by atoms with van der Waals surface area (Å²) in [5.41, 5.74) is 4.13. The Kier molecular flexibility index (Phi) is 5.29. The molecule has 25 heavy (non-hydrogen) atoms. The molecule has 1 aliphatic heterocycles. The van der Waals surface area contributed by atoms with Crippen LogP contribution in [-0.2, 0) is 16.1 Å². The minimum atomic E-state index is -0.817. The first-order valence-corrected chi connectivity index (χ1v) is 8.52. The van der Waals surface area contributed by atoms with Gasteiger partial charge in [0.05, 0.1) is 12.2 Å². The molecule has 4 nitrogen and oxygen atoms in total. The molecule has 4 heteroatoms. The van der Waals surface area contributed by atoms with Gasteiger partial charge in [-0.15, -0.1) is 0 Å². The number of para-hydroxylation sites is 1. The number of nitrogens with zero attached hydrogens (tertiary/aromatic N) is 1. The molecule has 0 saturated heterocycles. The van der Waals surface area contributed by atoms with Gasteiger partial charge < -0.3 is 10.0 Å². The molecule has 1 N–H and O–H groups in total. The maximum Gasteiger partial charge on any atom is 0.303 e. The van der Waals surface area contributed by atoms with E-state index < -0.39 is 5.97 Å². The highest BCUT2D eigenvalue weighted by Gasteiger charge is 2.20. The van der Waals surface area contributed by atoms with E-state index in [1.165, 1.54) is 0 Å². The van der Waals surface area contributed by atoms with E-state index in [4.69, 9.17) is 5.11 Å². The van der Waals surface area contributed by atoms with Crippen LogP contribution in [0, 0.1) is 0 Å². The van der Waals surface area contributed by atoms with E-state index in [9.17, 15) is 9.59 Å². The second-order valence-electron chi connectivity index (χ2n) is 6.17. The van der Waals surface area contributed by atoms with Gasteiger partial charge in [-0.2, -0.15) is 0 Å². The van der Waals surface area contributed by atoms with Crippen LogP contribution in [0.25, 0.3) is 12.2 Å². The highest BCUT2D eigenvalue weighted by atomic mass is 16.4. The summed E-state index contributed by atoms with van der Waals surface area (Å²) in [6, 6.07) is 15.9. The first-order chi connectivity index (χ1) is 12.1. The Morgan fingerprint density at radius 1 is 0.880 bits per heavy atom. The summed E-state index contributed by atoms with van der Waals surface area (Å²) in [6.07, 6.45) is 5.69. The van der Waals surface area contributed by atoms with E-state index >= 15 is 0 Å². The Hall–Kier alpha value is -2.88. The Bertz CT molecular complexity index is 810. The van der Waals surface area contributed by atoms with Gasteiger partial charge in [-0.1, -0.05) is 54.6 Å². The molecule has 0 saturated carbocycles. The number of anilines is 1. The number of amides is 1. The molecule has 0 spiro atoms. The zero-order chi connectivity index (χ0) is 17.6. The Labute approximate surface area is 147 Å². The molecule has 1 aliphatic rings. The minimum Gasteiger partial charge on any atom is -0.481 e. The van der Waals surface area contributed by atoms with Crippen molar-refractivity contribution in [1.82, 2.24) is 0 Å². The number of hydrogen-bond donors (Lipinski definition) is 1. The van der Waals surface area contributed by atoms with Crippen LogP contribution in [0.2, 0.25) is 0 Å². The van der Waals surface area contributed by atoms with Crippen LogP contribution < -0.4 is 4.90 Å². The summed E-state index contributed by atoms with van der Waals surface area (Å²) in [5.74, 6) is -0.786. The lowest BCUT2D eigenvalue weighted by atomic mass is 10.0. The maximum absolute atomic E-state index is 12.8. The second-order valence-corrected chi connectivity index (χ2v) is 6.17. The molecule has 0 unspecified atom stereocenters. The average Bonchev–Trinajstić information content (AvgIpc) is 2.60. The summed E-state index contributed by atoms with van der Waals surface area (Å²) in [4.78, 5) is 25.3. The molecule has 2 aromatic rings. The van der Waals surface area contributed by atoms with Crippen molar-refractivity contribution in [2.24, 2.45) is 0 Å². The summed E-state index contributed by atoms with van der Waals surface area (Å²) >= 11 is 0. The topological polar surface area (TPSA) is 57.6 Å². The number of carbonyl (C=O) groups excluding carboxylic acids is 1. The third-order valence-corrected chi connectivity index (χ3v) is 4.39. The standard InChI is InChI=1S/C21H21NO3/c23-20(11-5-6-12-21(24)25)22-15-18-9-2-1-7-16(18)13-14-17-8-3-4-10-19(17)22/h1-4,7-10,13-14H,5-6,11-12,15H2,(H,24,25). The Morgan fingerprint density at radius 3 is 2.32 bits per heavy atom. The van der Waals surface area contributed by atoms with Gasteiger partial charge in [0.15, 0.2) is 0 Å². The van der Waals surface area contributed by atoms with Gasteiger partial charge >= 0.3 is 5.97 Å². The zero-order valence-electron chi connectivity index (χ0n) is 14.0. The SMILES string of the molecule is O=C(O)CCCCC(=O)N1Cc2ccccc2C=Cc2ccccc21. The van der Waals surface area contributed by atoms with Gasteiger partial charge in [-0.25, -0.2) is 0 Å². The van der Waals surface area contributed by atoms with Crippen molar-refractivity contribution in [2.75, 3.05) is 4.90 Å². The molecule has 128 valence electrons. The number of carbonyl (C=O) groups is 2. The van der Waals surface area contributed by atoms with E-state index in [0.29, 0.717) is 25.8 Å². The van der Waals surface area contributed by atoms with E-state index in [0.717, 1.165) is 22.4 Å². The number of hydrogen-bond acceptors (Lipinski definition) is 2. The molecular formula is C21H21NO3. The summed E-state index contributed by atoms with van der Waals surface area (Å²) in [7, 11) is 0. The lowest BCUT2D eigenvalue weighted by Crippen LogP contribution is -2.31. The van der Waals surface area contributed by atoms with Crippen LogP contribution in [-0.4, -0.2) is 17.0 Å². The number of carboxylic acid groups (broad SMARTS) is 1. The van der Waals surface area contributed by atoms with E-state index in [2.05, 4.69) is 12.1 Å². The van der Waals surface area contributed by atoms with Gasteiger partial charge in [0.1, 0.15) is 0 Å². The number of carboxylic acids is 1. The number of fused-ring (bicyclic) bond motifs is 2. The third-order valence-electron chi connectivity index (χ3n) is 4.39. The molecule has 0 radical (unpaired) electrons. The smallest absolute Gasteiger partial charge is 0.303 e. The lowest BCUT2D eigenvalue weighted by Gasteiger charge is -2.27. The van der Waals surface area contributed by atoms with Gasteiger partial charge in [0, 0.05) is 12.8 Å². The van der Waals surface area contributed by atoms with Crippen LogP contribution >= 0.6 is 0 Å². The fourth-order valence-electron chi connectivity index (χ4n) is 3.06. The molecule has 0 fully saturated rings. The van der Waals surface area contributed by atoms with E-state index in [-0.39, 0.29) is 12.3 Å². The number of benzene rings is 2. The van der Waals surface area contributed by atoms with Crippen molar-refractivity contribution >= 4 is 29.7 Å². The molecule has 1 heterocycles. The van der Waals surface area contributed by atoms with Crippen molar-refractivity contribution in [3.8, 4) is 0 Å². The first-order valence-electron chi connectivity index (χ1n) is 8.52. The predicted octanol–water partition coefficient (Wildman–Crippen LogP) is 4.35. The maximum atomic E-state index is 12.8. The van der Waals surface area contributed by atoms with Gasteiger partial charge in [-0.3, -0.25) is 9.59 Å². The third kappa shape index (κ3) is 4.15. The quantitative estimate of drug-likeness (QED) is 0.827. The normalized spacial score (nSPS) is 12.7. The highest BCUT2D eigenvalue weighted by molar-refractivity contribution is 5.97. The van der Waals surface area contributed by atoms with E-state index in [1.807, 2.05) is 53.4 Å². The monoisotopic (exact) mass is 335 g/mol. The predicted molar refractivity (Wildman–Crippen MR) is 99.1 cm³/mol. The largest absolute Gasteiger partial charge is 0.481 e. The lowest BCUT2D eigenvalue weighted by molar-refractivity contribution is -0.137. The number of unbranched alkanes of at least 4 members (excludes halogenated alkanes) is 1. The van der Waals surface area contributed by atoms with Crippen molar-refractivity contribution in [3.05, 3.63) is 65.2 Å². The van der Waals surface area contributed by atoms with Crippen LogP contribution in [0.1, 0.15) is 42.4 Å². The molecule has 1 amide bonds. The van der Waals surface area contributed by atoms with Gasteiger partial charge in [-0.05, 0) is 35.6 Å². The molecular weight excluding hydrogens is 314 g/mol. The minimum absolute atomic E-state index is 0.0305. The number of aliphatic carboxylic acids is 1. The molecule has 0 aromatic heterocycles. The molecule has 2 aromatic carbocycles.